The van der Waals surface area contributed by atoms with Gasteiger partial charge in [-0.05, 0) is 56.2 Å². The van der Waals surface area contributed by atoms with Gasteiger partial charge in [0, 0.05) is 30.2 Å². The van der Waals surface area contributed by atoms with E-state index in [1.165, 1.54) is 24.5 Å². The highest BCUT2D eigenvalue weighted by atomic mass is 19.3. The van der Waals surface area contributed by atoms with E-state index in [9.17, 15) is 18.4 Å². The van der Waals surface area contributed by atoms with Crippen LogP contribution < -0.4 is 10.7 Å². The SMILES string of the molecule is CCNC(=O)c1cn(C(C)c2ccc(C#N)cc2)c(C)c(-c2ccnc(C(F)F)c2)c1=O. The van der Waals surface area contributed by atoms with Gasteiger partial charge in [0.1, 0.15) is 11.3 Å². The monoisotopic (exact) mass is 436 g/mol. The smallest absolute Gasteiger partial charge is 0.280 e. The second-order valence-electron chi connectivity index (χ2n) is 7.28. The Morgan fingerprint density at radius 1 is 1.25 bits per heavy atom. The molecule has 2 aromatic heterocycles. The van der Waals surface area contributed by atoms with Crippen molar-refractivity contribution in [3.05, 3.63) is 87.1 Å². The van der Waals surface area contributed by atoms with Crippen LogP contribution in [0.25, 0.3) is 11.1 Å². The molecule has 2 heterocycles. The van der Waals surface area contributed by atoms with Crippen molar-refractivity contribution in [2.24, 2.45) is 0 Å². The zero-order chi connectivity index (χ0) is 23.4. The molecule has 8 heteroatoms. The minimum atomic E-state index is -2.79. The maximum Gasteiger partial charge on any atom is 0.280 e. The van der Waals surface area contributed by atoms with E-state index in [4.69, 9.17) is 5.26 Å². The van der Waals surface area contributed by atoms with Crippen LogP contribution in [0, 0.1) is 18.3 Å². The normalized spacial score (nSPS) is 11.8. The van der Waals surface area contributed by atoms with Crippen molar-refractivity contribution in [1.82, 2.24) is 14.9 Å². The van der Waals surface area contributed by atoms with Crippen LogP contribution in [0.15, 0.2) is 53.6 Å². The summed E-state index contributed by atoms with van der Waals surface area (Å²) >= 11 is 0. The van der Waals surface area contributed by atoms with Gasteiger partial charge in [-0.2, -0.15) is 5.26 Å². The Labute approximate surface area is 184 Å². The van der Waals surface area contributed by atoms with Gasteiger partial charge in [-0.25, -0.2) is 8.78 Å². The Morgan fingerprint density at radius 3 is 2.53 bits per heavy atom. The van der Waals surface area contributed by atoms with Gasteiger partial charge in [0.2, 0.25) is 5.43 Å². The minimum Gasteiger partial charge on any atom is -0.352 e. The van der Waals surface area contributed by atoms with Gasteiger partial charge in [0.05, 0.1) is 17.7 Å². The summed E-state index contributed by atoms with van der Waals surface area (Å²) in [6.45, 7) is 5.67. The van der Waals surface area contributed by atoms with Crippen molar-refractivity contribution in [2.75, 3.05) is 6.54 Å². The summed E-state index contributed by atoms with van der Waals surface area (Å²) in [6, 6.07) is 11.4. The second kappa shape index (κ2) is 9.52. The lowest BCUT2D eigenvalue weighted by Gasteiger charge is -2.23. The minimum absolute atomic E-state index is 0.0802. The molecular formula is C24H22F2N4O2. The fourth-order valence-electron chi connectivity index (χ4n) is 3.60. The topological polar surface area (TPSA) is 87.8 Å². The van der Waals surface area contributed by atoms with Crippen LogP contribution >= 0.6 is 0 Å². The zero-order valence-electron chi connectivity index (χ0n) is 17.9. The van der Waals surface area contributed by atoms with Crippen LogP contribution in [0.4, 0.5) is 8.78 Å². The maximum absolute atomic E-state index is 13.3. The second-order valence-corrected chi connectivity index (χ2v) is 7.28. The first-order chi connectivity index (χ1) is 15.3. The first-order valence-corrected chi connectivity index (χ1v) is 10.1. The van der Waals surface area contributed by atoms with Gasteiger partial charge < -0.3 is 9.88 Å². The van der Waals surface area contributed by atoms with E-state index < -0.39 is 23.5 Å². The molecule has 164 valence electrons. The molecule has 0 saturated carbocycles. The van der Waals surface area contributed by atoms with Gasteiger partial charge in [-0.1, -0.05) is 12.1 Å². The molecule has 0 aliphatic heterocycles. The molecule has 1 aromatic carbocycles. The first-order valence-electron chi connectivity index (χ1n) is 10.1. The van der Waals surface area contributed by atoms with Crippen molar-refractivity contribution in [3.8, 4) is 17.2 Å². The van der Waals surface area contributed by atoms with Gasteiger partial charge in [-0.15, -0.1) is 0 Å². The van der Waals surface area contributed by atoms with E-state index in [-0.39, 0.29) is 22.7 Å². The molecule has 1 N–H and O–H groups in total. The third kappa shape index (κ3) is 4.42. The lowest BCUT2D eigenvalue weighted by Crippen LogP contribution is -2.31. The summed E-state index contributed by atoms with van der Waals surface area (Å²) < 4.78 is 28.2. The summed E-state index contributed by atoms with van der Waals surface area (Å²) in [5, 5.41) is 11.7. The molecule has 32 heavy (non-hydrogen) atoms. The lowest BCUT2D eigenvalue weighted by molar-refractivity contribution is 0.0954. The van der Waals surface area contributed by atoms with Crippen LogP contribution in [-0.2, 0) is 0 Å². The Kier molecular flexibility index (Phi) is 6.79. The molecule has 3 rings (SSSR count). The first kappa shape index (κ1) is 22.8. The number of rotatable bonds is 6. The highest BCUT2D eigenvalue weighted by Gasteiger charge is 2.22. The molecule has 0 saturated heterocycles. The number of carbonyl (C=O) groups is 1. The molecule has 6 nitrogen and oxygen atoms in total. The predicted molar refractivity (Wildman–Crippen MR) is 117 cm³/mol. The van der Waals surface area contributed by atoms with Gasteiger partial charge in [0.25, 0.3) is 12.3 Å². The van der Waals surface area contributed by atoms with E-state index in [1.54, 1.807) is 42.7 Å². The predicted octanol–water partition coefficient (Wildman–Crippen LogP) is 4.39. The largest absolute Gasteiger partial charge is 0.352 e. The van der Waals surface area contributed by atoms with Crippen molar-refractivity contribution in [1.29, 1.82) is 5.26 Å². The Morgan fingerprint density at radius 2 is 1.94 bits per heavy atom. The number of nitrogens with one attached hydrogen (secondary N) is 1. The lowest BCUT2D eigenvalue weighted by atomic mass is 9.99. The number of amides is 1. The molecule has 0 aliphatic rings. The molecule has 3 aromatic rings. The van der Waals surface area contributed by atoms with Crippen molar-refractivity contribution < 1.29 is 13.6 Å². The average molecular weight is 436 g/mol. The summed E-state index contributed by atoms with van der Waals surface area (Å²) in [5.74, 6) is -0.539. The van der Waals surface area contributed by atoms with Crippen molar-refractivity contribution in [3.63, 3.8) is 0 Å². The van der Waals surface area contributed by atoms with Gasteiger partial charge in [0.15, 0.2) is 0 Å². The number of benzene rings is 1. The molecule has 0 spiro atoms. The van der Waals surface area contributed by atoms with E-state index in [0.29, 0.717) is 17.8 Å². The Balaban J connectivity index is 2.26. The maximum atomic E-state index is 13.3. The molecular weight excluding hydrogens is 414 g/mol. The number of nitrogens with zero attached hydrogens (tertiary/aromatic N) is 3. The van der Waals surface area contributed by atoms with Crippen LogP contribution in [0.3, 0.4) is 0 Å². The number of halogens is 2. The van der Waals surface area contributed by atoms with Gasteiger partial charge >= 0.3 is 0 Å². The molecule has 0 fully saturated rings. The average Bonchev–Trinajstić information content (AvgIpc) is 2.79. The fraction of sp³-hybridized carbons (Fsp3) is 0.250. The number of pyridine rings is 2. The van der Waals surface area contributed by atoms with E-state index in [2.05, 4.69) is 16.4 Å². The van der Waals surface area contributed by atoms with E-state index in [0.717, 1.165) is 5.56 Å². The molecule has 1 unspecified atom stereocenters. The highest BCUT2D eigenvalue weighted by molar-refractivity contribution is 5.95. The molecule has 1 atom stereocenters. The molecule has 1 amide bonds. The van der Waals surface area contributed by atoms with Crippen LogP contribution in [-0.4, -0.2) is 22.0 Å². The van der Waals surface area contributed by atoms with E-state index in [1.807, 2.05) is 6.92 Å². The number of carbonyl (C=O) groups excluding carboxylic acids is 1. The summed E-state index contributed by atoms with van der Waals surface area (Å²) in [5.41, 5.74) is 1.25. The summed E-state index contributed by atoms with van der Waals surface area (Å²) in [6.07, 6.45) is -0.0748. The standard InChI is InChI=1S/C24H22F2N4O2/c1-4-28-24(32)19-13-30(14(2)17-7-5-16(12-27)6-8-17)15(3)21(22(19)31)18-9-10-29-20(11-18)23(25)26/h5-11,13-14,23H,4H2,1-3H3,(H,28,32). The van der Waals surface area contributed by atoms with Crippen LogP contribution in [0.5, 0.6) is 0 Å². The summed E-state index contributed by atoms with van der Waals surface area (Å²) in [7, 11) is 0. The Hall–Kier alpha value is -3.86. The summed E-state index contributed by atoms with van der Waals surface area (Å²) in [4.78, 5) is 29.6. The number of hydrogen-bond acceptors (Lipinski definition) is 4. The number of nitriles is 1. The van der Waals surface area contributed by atoms with E-state index >= 15 is 0 Å². The molecule has 0 bridgehead atoms. The van der Waals surface area contributed by atoms with Crippen molar-refractivity contribution in [2.45, 2.75) is 33.2 Å². The zero-order valence-corrected chi connectivity index (χ0v) is 17.9. The fourth-order valence-corrected chi connectivity index (χ4v) is 3.60. The van der Waals surface area contributed by atoms with Gasteiger partial charge in [-0.3, -0.25) is 14.6 Å². The third-order valence-corrected chi connectivity index (χ3v) is 5.30. The third-order valence-electron chi connectivity index (χ3n) is 5.30. The van der Waals surface area contributed by atoms with Crippen LogP contribution in [0.1, 0.15) is 59.2 Å². The quantitative estimate of drug-likeness (QED) is 0.621. The number of alkyl halides is 2. The number of aromatic nitrogens is 2. The number of hydrogen-bond donors (Lipinski definition) is 1. The Bertz CT molecular complexity index is 1240. The van der Waals surface area contributed by atoms with Crippen molar-refractivity contribution >= 4 is 5.91 Å². The van der Waals surface area contributed by atoms with Crippen LogP contribution in [0.2, 0.25) is 0 Å². The highest BCUT2D eigenvalue weighted by Crippen LogP contribution is 2.28. The molecule has 0 radical (unpaired) electrons. The molecule has 0 aliphatic carbocycles.